The molecule has 7 heteroatoms. The average molecular weight is 422 g/mol. The lowest BCUT2D eigenvalue weighted by Crippen LogP contribution is -2.43. The van der Waals surface area contributed by atoms with Gasteiger partial charge in [0.05, 0.1) is 11.4 Å². The molecule has 0 atom stereocenters. The summed E-state index contributed by atoms with van der Waals surface area (Å²) in [5.41, 5.74) is 1.67. The first-order valence-corrected chi connectivity index (χ1v) is 10.4. The average Bonchev–Trinajstić information content (AvgIpc) is 2.77. The van der Waals surface area contributed by atoms with E-state index in [0.29, 0.717) is 23.8 Å². The van der Waals surface area contributed by atoms with E-state index in [1.165, 1.54) is 28.8 Å². The molecule has 3 aromatic rings. The summed E-state index contributed by atoms with van der Waals surface area (Å²) in [5.74, 6) is 0.876. The summed E-state index contributed by atoms with van der Waals surface area (Å²) in [6, 6.07) is 20.6. The van der Waals surface area contributed by atoms with Crippen molar-refractivity contribution in [3.63, 3.8) is 0 Å². The Balaban J connectivity index is 1.32. The zero-order valence-electron chi connectivity index (χ0n) is 16.0. The van der Waals surface area contributed by atoms with Crippen LogP contribution in [0.4, 0.5) is 10.1 Å². The van der Waals surface area contributed by atoms with Crippen LogP contribution in [0.5, 0.6) is 11.5 Å². The molecule has 0 aromatic heterocycles. The molecule has 1 N–H and O–H groups in total. The second-order valence-corrected chi connectivity index (χ2v) is 7.73. The molecule has 0 spiro atoms. The second kappa shape index (κ2) is 9.00. The number of halogens is 1. The number of anilines is 1. The molecule has 5 nitrogen and oxygen atoms in total. The topological polar surface area (TPSA) is 58.6 Å². The summed E-state index contributed by atoms with van der Waals surface area (Å²) in [6.45, 7) is 0.330. The van der Waals surface area contributed by atoms with Gasteiger partial charge in [-0.1, -0.05) is 24.3 Å². The van der Waals surface area contributed by atoms with Crippen LogP contribution in [0.1, 0.15) is 5.56 Å². The molecule has 1 aliphatic rings. The predicted molar refractivity (Wildman–Crippen MR) is 114 cm³/mol. The van der Waals surface area contributed by atoms with E-state index in [4.69, 9.17) is 4.74 Å². The van der Waals surface area contributed by atoms with Crippen LogP contribution in [0.3, 0.4) is 0 Å². The first-order chi connectivity index (χ1) is 14.6. The van der Waals surface area contributed by atoms with E-state index in [2.05, 4.69) is 5.32 Å². The SMILES string of the molecule is O=C(CN1C(=O)CSc2ccccc21)NCc1ccc(Oc2ccc(F)cc2)cc1. The van der Waals surface area contributed by atoms with Crippen molar-refractivity contribution < 1.29 is 18.7 Å². The predicted octanol–water partition coefficient (Wildman–Crippen LogP) is 4.37. The number of carbonyl (C=O) groups is 2. The van der Waals surface area contributed by atoms with Crippen molar-refractivity contribution in [2.24, 2.45) is 0 Å². The summed E-state index contributed by atoms with van der Waals surface area (Å²) in [5, 5.41) is 2.85. The quantitative estimate of drug-likeness (QED) is 0.641. The standard InChI is InChI=1S/C23H19FN2O3S/c24-17-7-11-19(12-8-17)29-18-9-5-16(6-10-18)13-25-22(27)14-26-20-3-1-2-4-21(20)30-15-23(26)28/h1-12H,13-15H2,(H,25,27). The number of fused-ring (bicyclic) bond motifs is 1. The van der Waals surface area contributed by atoms with Crippen molar-refractivity contribution in [3.8, 4) is 11.5 Å². The van der Waals surface area contributed by atoms with Crippen LogP contribution in [0.2, 0.25) is 0 Å². The molecule has 0 fully saturated rings. The minimum Gasteiger partial charge on any atom is -0.457 e. The fraction of sp³-hybridized carbons (Fsp3) is 0.130. The van der Waals surface area contributed by atoms with Crippen molar-refractivity contribution in [2.75, 3.05) is 17.2 Å². The fourth-order valence-corrected chi connectivity index (χ4v) is 3.98. The number of amides is 2. The van der Waals surface area contributed by atoms with Gasteiger partial charge < -0.3 is 15.0 Å². The minimum absolute atomic E-state index is 0.0117. The number of benzene rings is 3. The minimum atomic E-state index is -0.318. The van der Waals surface area contributed by atoms with Crippen LogP contribution in [-0.4, -0.2) is 24.1 Å². The molecule has 0 saturated carbocycles. The number of thioether (sulfide) groups is 1. The van der Waals surface area contributed by atoms with Crippen LogP contribution in [-0.2, 0) is 16.1 Å². The van der Waals surface area contributed by atoms with E-state index < -0.39 is 0 Å². The van der Waals surface area contributed by atoms with Gasteiger partial charge in [0.2, 0.25) is 11.8 Å². The highest BCUT2D eigenvalue weighted by molar-refractivity contribution is 8.00. The Morgan fingerprint density at radius 3 is 2.40 bits per heavy atom. The lowest BCUT2D eigenvalue weighted by Gasteiger charge is -2.28. The largest absolute Gasteiger partial charge is 0.457 e. The number of rotatable bonds is 6. The molecule has 0 aliphatic carbocycles. The van der Waals surface area contributed by atoms with E-state index in [-0.39, 0.29) is 24.2 Å². The van der Waals surface area contributed by atoms with Gasteiger partial charge in [-0.25, -0.2) is 4.39 Å². The zero-order valence-corrected chi connectivity index (χ0v) is 16.8. The maximum atomic E-state index is 13.0. The van der Waals surface area contributed by atoms with Gasteiger partial charge in [0.1, 0.15) is 23.9 Å². The lowest BCUT2D eigenvalue weighted by atomic mass is 10.2. The van der Waals surface area contributed by atoms with E-state index in [1.54, 1.807) is 24.3 Å². The molecule has 30 heavy (non-hydrogen) atoms. The lowest BCUT2D eigenvalue weighted by molar-refractivity contribution is -0.123. The monoisotopic (exact) mass is 422 g/mol. The Labute approximate surface area is 177 Å². The van der Waals surface area contributed by atoms with Gasteiger partial charge in [0, 0.05) is 11.4 Å². The maximum Gasteiger partial charge on any atom is 0.240 e. The highest BCUT2D eigenvalue weighted by atomic mass is 32.2. The molecular weight excluding hydrogens is 403 g/mol. The molecule has 0 unspecified atom stereocenters. The molecular formula is C23H19FN2O3S. The third-order valence-electron chi connectivity index (χ3n) is 4.57. The second-order valence-electron chi connectivity index (χ2n) is 6.71. The number of nitrogens with one attached hydrogen (secondary N) is 1. The molecule has 3 aromatic carbocycles. The molecule has 0 bridgehead atoms. The van der Waals surface area contributed by atoms with Gasteiger partial charge in [-0.2, -0.15) is 0 Å². The Kier molecular flexibility index (Phi) is 5.99. The summed E-state index contributed by atoms with van der Waals surface area (Å²) < 4.78 is 18.6. The van der Waals surface area contributed by atoms with Gasteiger partial charge >= 0.3 is 0 Å². The zero-order chi connectivity index (χ0) is 20.9. The van der Waals surface area contributed by atoms with Crippen LogP contribution in [0.15, 0.2) is 77.7 Å². The molecule has 4 rings (SSSR count). The highest BCUT2D eigenvalue weighted by Gasteiger charge is 2.26. The van der Waals surface area contributed by atoms with Crippen LogP contribution < -0.4 is 15.0 Å². The summed E-state index contributed by atoms with van der Waals surface area (Å²) in [7, 11) is 0. The molecule has 0 saturated heterocycles. The van der Waals surface area contributed by atoms with Crippen molar-refractivity contribution in [2.45, 2.75) is 11.4 Å². The Bertz CT molecular complexity index is 1050. The number of carbonyl (C=O) groups excluding carboxylic acids is 2. The van der Waals surface area contributed by atoms with E-state index in [9.17, 15) is 14.0 Å². The number of nitrogens with zero attached hydrogens (tertiary/aromatic N) is 1. The first-order valence-electron chi connectivity index (χ1n) is 9.40. The van der Waals surface area contributed by atoms with Crippen LogP contribution in [0.25, 0.3) is 0 Å². The smallest absolute Gasteiger partial charge is 0.240 e. The van der Waals surface area contributed by atoms with Gasteiger partial charge in [-0.15, -0.1) is 11.8 Å². The number of hydrogen-bond donors (Lipinski definition) is 1. The number of ether oxygens (including phenoxy) is 1. The maximum absolute atomic E-state index is 13.0. The van der Waals surface area contributed by atoms with Crippen molar-refractivity contribution >= 4 is 29.3 Å². The molecule has 1 heterocycles. The third-order valence-corrected chi connectivity index (χ3v) is 5.62. The Morgan fingerprint density at radius 2 is 1.67 bits per heavy atom. The van der Waals surface area contributed by atoms with Gasteiger partial charge in [-0.05, 0) is 54.1 Å². The van der Waals surface area contributed by atoms with E-state index in [1.807, 2.05) is 36.4 Å². The summed E-state index contributed by atoms with van der Waals surface area (Å²) in [4.78, 5) is 27.2. The summed E-state index contributed by atoms with van der Waals surface area (Å²) in [6.07, 6.45) is 0. The van der Waals surface area contributed by atoms with Gasteiger partial charge in [-0.3, -0.25) is 9.59 Å². The normalized spacial score (nSPS) is 13.0. The fourth-order valence-electron chi connectivity index (χ4n) is 3.04. The molecule has 2 amide bonds. The summed E-state index contributed by atoms with van der Waals surface area (Å²) >= 11 is 1.49. The van der Waals surface area contributed by atoms with Crippen LogP contribution >= 0.6 is 11.8 Å². The number of para-hydroxylation sites is 1. The molecule has 152 valence electrons. The van der Waals surface area contributed by atoms with E-state index in [0.717, 1.165) is 16.1 Å². The Hall–Kier alpha value is -3.32. The van der Waals surface area contributed by atoms with E-state index >= 15 is 0 Å². The molecule has 0 radical (unpaired) electrons. The Morgan fingerprint density at radius 1 is 1.00 bits per heavy atom. The van der Waals surface area contributed by atoms with Crippen LogP contribution in [0, 0.1) is 5.82 Å². The van der Waals surface area contributed by atoms with Crippen molar-refractivity contribution in [3.05, 3.63) is 84.2 Å². The first kappa shape index (κ1) is 20.0. The van der Waals surface area contributed by atoms with Crippen molar-refractivity contribution in [1.29, 1.82) is 0 Å². The number of hydrogen-bond acceptors (Lipinski definition) is 4. The van der Waals surface area contributed by atoms with Crippen molar-refractivity contribution in [1.82, 2.24) is 5.32 Å². The van der Waals surface area contributed by atoms with Gasteiger partial charge in [0.25, 0.3) is 0 Å². The van der Waals surface area contributed by atoms with Gasteiger partial charge in [0.15, 0.2) is 0 Å². The molecule has 1 aliphatic heterocycles. The third kappa shape index (κ3) is 4.80. The highest BCUT2D eigenvalue weighted by Crippen LogP contribution is 2.34.